The van der Waals surface area contributed by atoms with Crippen LogP contribution >= 0.6 is 0 Å². The van der Waals surface area contributed by atoms with Crippen LogP contribution in [0, 0.1) is 0 Å². The summed E-state index contributed by atoms with van der Waals surface area (Å²) in [5, 5.41) is 12.8. The zero-order valence-corrected chi connectivity index (χ0v) is 34.6. The maximum absolute atomic E-state index is 2.55. The zero-order chi connectivity index (χ0) is 41.5. The summed E-state index contributed by atoms with van der Waals surface area (Å²) >= 11 is 0. The van der Waals surface area contributed by atoms with Gasteiger partial charge in [-0.3, -0.25) is 0 Å². The third-order valence-corrected chi connectivity index (χ3v) is 13.9. The van der Waals surface area contributed by atoms with E-state index in [-0.39, 0.29) is 0 Å². The highest BCUT2D eigenvalue weighted by Crippen LogP contribution is 2.62. The molecule has 0 saturated heterocycles. The first-order valence-corrected chi connectivity index (χ1v) is 22.0. The molecule has 13 rings (SSSR count). The zero-order valence-electron chi connectivity index (χ0n) is 34.6. The van der Waals surface area contributed by atoms with Crippen LogP contribution in [-0.4, -0.2) is 0 Å². The minimum absolute atomic E-state index is 0.589. The van der Waals surface area contributed by atoms with E-state index in [4.69, 9.17) is 0 Å². The Morgan fingerprint density at radius 1 is 0.222 bits per heavy atom. The molecule has 1 aliphatic carbocycles. The van der Waals surface area contributed by atoms with Gasteiger partial charge in [0.25, 0.3) is 0 Å². The number of fused-ring (bicyclic) bond motifs is 12. The molecule has 0 aliphatic heterocycles. The molecule has 0 heterocycles. The average Bonchev–Trinajstić information content (AvgIpc) is 3.69. The van der Waals surface area contributed by atoms with Gasteiger partial charge in [0.15, 0.2) is 0 Å². The fourth-order valence-corrected chi connectivity index (χ4v) is 11.4. The molecule has 0 fully saturated rings. The van der Waals surface area contributed by atoms with Crippen LogP contribution in [0.4, 0.5) is 0 Å². The monoisotopic (exact) mass is 796 g/mol. The molecule has 0 radical (unpaired) electrons. The van der Waals surface area contributed by atoms with Crippen LogP contribution in [0.5, 0.6) is 0 Å². The summed E-state index contributed by atoms with van der Waals surface area (Å²) in [4.78, 5) is 0. The van der Waals surface area contributed by atoms with E-state index in [9.17, 15) is 0 Å². The van der Waals surface area contributed by atoms with E-state index in [1.807, 2.05) is 0 Å². The van der Waals surface area contributed by atoms with Gasteiger partial charge in [-0.1, -0.05) is 237 Å². The molecule has 63 heavy (non-hydrogen) atoms. The molecule has 1 aliphatic rings. The summed E-state index contributed by atoms with van der Waals surface area (Å²) in [5.74, 6) is 0. The van der Waals surface area contributed by atoms with E-state index in [0.29, 0.717) is 0 Å². The smallest absolute Gasteiger partial charge is 0.0622 e. The highest BCUT2D eigenvalue weighted by atomic mass is 14.5. The third-order valence-electron chi connectivity index (χ3n) is 13.9. The average molecular weight is 797 g/mol. The molecule has 0 saturated carbocycles. The van der Waals surface area contributed by atoms with Crippen molar-refractivity contribution in [2.24, 2.45) is 0 Å². The van der Waals surface area contributed by atoms with E-state index < -0.39 is 5.41 Å². The summed E-state index contributed by atoms with van der Waals surface area (Å²) in [5.41, 5.74) is 14.7. The predicted octanol–water partition coefficient (Wildman–Crippen LogP) is 16.8. The van der Waals surface area contributed by atoms with Crippen molar-refractivity contribution in [3.63, 3.8) is 0 Å². The van der Waals surface area contributed by atoms with Crippen LogP contribution in [-0.2, 0) is 5.41 Å². The van der Waals surface area contributed by atoms with Gasteiger partial charge < -0.3 is 0 Å². The highest BCUT2D eigenvalue weighted by molar-refractivity contribution is 6.24. The Morgan fingerprint density at radius 3 is 1.05 bits per heavy atom. The second-order valence-corrected chi connectivity index (χ2v) is 17.0. The van der Waals surface area contributed by atoms with Gasteiger partial charge >= 0.3 is 0 Å². The molecule has 0 heteroatoms. The number of hydrogen-bond donors (Lipinski definition) is 0. The quantitative estimate of drug-likeness (QED) is 0.120. The van der Waals surface area contributed by atoms with E-state index in [0.717, 1.165) is 0 Å². The summed E-state index contributed by atoms with van der Waals surface area (Å²) in [7, 11) is 0. The maximum Gasteiger partial charge on any atom is 0.0720 e. The largest absolute Gasteiger partial charge is 0.0720 e. The second-order valence-electron chi connectivity index (χ2n) is 17.0. The Labute approximate surface area is 367 Å². The maximum atomic E-state index is 2.55. The lowest BCUT2D eigenvalue weighted by molar-refractivity contribution is 0.777. The predicted molar refractivity (Wildman–Crippen MR) is 268 cm³/mol. The van der Waals surface area contributed by atoms with Crippen LogP contribution < -0.4 is 0 Å². The van der Waals surface area contributed by atoms with Gasteiger partial charge in [-0.15, -0.1) is 0 Å². The molecule has 0 bridgehead atoms. The van der Waals surface area contributed by atoms with Crippen LogP contribution in [0.3, 0.4) is 0 Å². The molecular weight excluding hydrogens is 757 g/mol. The normalized spacial score (nSPS) is 12.9. The van der Waals surface area contributed by atoms with Crippen molar-refractivity contribution in [3.8, 4) is 44.5 Å². The van der Waals surface area contributed by atoms with E-state index >= 15 is 0 Å². The minimum atomic E-state index is -0.589. The van der Waals surface area contributed by atoms with Crippen molar-refractivity contribution in [3.05, 3.63) is 265 Å². The van der Waals surface area contributed by atoms with Crippen molar-refractivity contribution < 1.29 is 0 Å². The van der Waals surface area contributed by atoms with Crippen molar-refractivity contribution in [1.29, 1.82) is 0 Å². The van der Waals surface area contributed by atoms with Gasteiger partial charge in [0.05, 0.1) is 5.41 Å². The number of benzene rings is 12. The van der Waals surface area contributed by atoms with Gasteiger partial charge in [-0.25, -0.2) is 0 Å². The number of rotatable bonds is 5. The number of hydrogen-bond acceptors (Lipinski definition) is 0. The Bertz CT molecular complexity index is 3650. The third kappa shape index (κ3) is 5.10. The molecule has 12 aromatic rings. The van der Waals surface area contributed by atoms with Crippen molar-refractivity contribution >= 4 is 53.9 Å². The first-order valence-electron chi connectivity index (χ1n) is 22.0. The molecule has 0 spiro atoms. The first kappa shape index (κ1) is 35.7. The molecule has 0 nitrogen and oxygen atoms in total. The summed E-state index contributed by atoms with van der Waals surface area (Å²) in [6.07, 6.45) is 0. The summed E-state index contributed by atoms with van der Waals surface area (Å²) in [6, 6.07) is 90.4. The first-order chi connectivity index (χ1) is 31.3. The van der Waals surface area contributed by atoms with Crippen molar-refractivity contribution in [2.45, 2.75) is 5.41 Å². The van der Waals surface area contributed by atoms with Crippen LogP contribution in [0.1, 0.15) is 22.3 Å². The second kappa shape index (κ2) is 14.0. The van der Waals surface area contributed by atoms with Crippen LogP contribution in [0.25, 0.3) is 98.4 Å². The lowest BCUT2D eigenvalue weighted by atomic mass is 9.66. The molecule has 292 valence electrons. The lowest BCUT2D eigenvalue weighted by Gasteiger charge is -2.35. The van der Waals surface area contributed by atoms with Gasteiger partial charge in [-0.05, 0) is 127 Å². The van der Waals surface area contributed by atoms with Gasteiger partial charge in [-0.2, -0.15) is 0 Å². The molecule has 12 aromatic carbocycles. The van der Waals surface area contributed by atoms with Gasteiger partial charge in [0.2, 0.25) is 0 Å². The topological polar surface area (TPSA) is 0 Å². The Kier molecular flexibility index (Phi) is 7.92. The molecule has 0 atom stereocenters. The van der Waals surface area contributed by atoms with E-state index in [2.05, 4.69) is 243 Å². The minimum Gasteiger partial charge on any atom is -0.0622 e. The molecular formula is C63H40. The molecule has 0 amide bonds. The Morgan fingerprint density at radius 2 is 0.556 bits per heavy atom. The Hall–Kier alpha value is -8.06. The van der Waals surface area contributed by atoms with Crippen molar-refractivity contribution in [2.75, 3.05) is 0 Å². The lowest BCUT2D eigenvalue weighted by Crippen LogP contribution is -2.29. The van der Waals surface area contributed by atoms with Crippen LogP contribution in [0.15, 0.2) is 243 Å². The fraction of sp³-hybridized carbons (Fsp3) is 0.0159. The molecule has 0 unspecified atom stereocenters. The van der Waals surface area contributed by atoms with Crippen LogP contribution in [0.2, 0.25) is 0 Å². The SMILES string of the molecule is c1ccc(-c2c3ccccc3c(-c3ccc(-c4cc5c(c6ccccc46)-c4c(c6ccccc6c6ccccc46)C5(c4ccccc4)c4ccccc4)cc3)c3ccccc23)cc1. The fourth-order valence-electron chi connectivity index (χ4n) is 11.4. The van der Waals surface area contributed by atoms with E-state index in [1.54, 1.807) is 0 Å². The summed E-state index contributed by atoms with van der Waals surface area (Å²) < 4.78 is 0. The van der Waals surface area contributed by atoms with Gasteiger partial charge in [0, 0.05) is 0 Å². The van der Waals surface area contributed by atoms with E-state index in [1.165, 1.54) is 121 Å². The van der Waals surface area contributed by atoms with Crippen molar-refractivity contribution in [1.82, 2.24) is 0 Å². The molecule has 0 aromatic heterocycles. The highest BCUT2D eigenvalue weighted by Gasteiger charge is 2.49. The Balaban J connectivity index is 1.11. The molecule has 0 N–H and O–H groups in total. The van der Waals surface area contributed by atoms with Gasteiger partial charge in [0.1, 0.15) is 0 Å². The summed E-state index contributed by atoms with van der Waals surface area (Å²) in [6.45, 7) is 0. The standard InChI is InChI=1S/C63H40/c1-4-20-42(21-5-1)58-51-31-15-17-33-53(51)59(54-34-18-16-32-52(54)58)43-38-36-41(37-39-43)56-40-57-60(49-29-13-11-28-48(49)56)61-50-30-14-10-26-46(50)47-27-12-19-35-55(47)62(61)63(57,44-22-6-2-7-23-44)45-24-8-3-9-25-45/h1-40H.